The zero-order valence-corrected chi connectivity index (χ0v) is 9.98. The molecule has 1 N–H and O–H groups in total. The van der Waals surface area contributed by atoms with Gasteiger partial charge < -0.3 is 9.90 Å². The molecule has 2 aromatic carbocycles. The summed E-state index contributed by atoms with van der Waals surface area (Å²) in [6.45, 7) is 0. The molecule has 2 nitrogen and oxygen atoms in total. The Morgan fingerprint density at radius 3 is 2.47 bits per heavy atom. The van der Waals surface area contributed by atoms with Crippen molar-refractivity contribution in [2.75, 3.05) is 0 Å². The van der Waals surface area contributed by atoms with Crippen LogP contribution < -0.4 is 0 Å². The van der Waals surface area contributed by atoms with E-state index in [1.807, 2.05) is 36.4 Å². The van der Waals surface area contributed by atoms with Gasteiger partial charge in [-0.15, -0.1) is 0 Å². The summed E-state index contributed by atoms with van der Waals surface area (Å²) >= 11 is 1.58. The van der Waals surface area contributed by atoms with Crippen molar-refractivity contribution in [1.82, 2.24) is 0 Å². The van der Waals surface area contributed by atoms with E-state index in [9.17, 15) is 9.90 Å². The largest absolute Gasteiger partial charge is 0.508 e. The number of rotatable bonds is 4. The van der Waals surface area contributed by atoms with Gasteiger partial charge in [0.05, 0.1) is 0 Å². The van der Waals surface area contributed by atoms with E-state index in [2.05, 4.69) is 0 Å². The fourth-order valence-electron chi connectivity index (χ4n) is 1.49. The van der Waals surface area contributed by atoms with Crippen LogP contribution in [0.25, 0.3) is 0 Å². The second-order valence-electron chi connectivity index (χ2n) is 3.58. The normalized spacial score (nSPS) is 10.1. The minimum atomic E-state index is 0.179. The number of hydrogen-bond acceptors (Lipinski definition) is 3. The summed E-state index contributed by atoms with van der Waals surface area (Å²) < 4.78 is 0. The summed E-state index contributed by atoms with van der Waals surface area (Å²) in [4.78, 5) is 12.5. The Hall–Kier alpha value is -1.74. The molecule has 2 rings (SSSR count). The molecule has 0 atom stereocenters. The first-order valence-electron chi connectivity index (χ1n) is 5.28. The van der Waals surface area contributed by atoms with Crippen LogP contribution >= 0.6 is 11.8 Å². The molecule has 0 amide bonds. The first kappa shape index (κ1) is 11.7. The molecule has 3 heteroatoms. The third kappa shape index (κ3) is 3.11. The van der Waals surface area contributed by atoms with Gasteiger partial charge in [-0.05, 0) is 24.3 Å². The van der Waals surface area contributed by atoms with Gasteiger partial charge in [-0.1, -0.05) is 36.0 Å². The van der Waals surface area contributed by atoms with Crippen LogP contribution in [-0.2, 0) is 11.2 Å². The van der Waals surface area contributed by atoms with Crippen molar-refractivity contribution < 1.29 is 9.90 Å². The third-order valence-electron chi connectivity index (χ3n) is 2.34. The molecule has 17 heavy (non-hydrogen) atoms. The van der Waals surface area contributed by atoms with Crippen molar-refractivity contribution in [1.29, 1.82) is 0 Å². The maximum atomic E-state index is 10.4. The zero-order valence-electron chi connectivity index (χ0n) is 9.17. The van der Waals surface area contributed by atoms with E-state index < -0.39 is 0 Å². The summed E-state index contributed by atoms with van der Waals surface area (Å²) in [6, 6.07) is 15.3. The summed E-state index contributed by atoms with van der Waals surface area (Å²) in [5.74, 6) is 0.179. The molecule has 0 saturated carbocycles. The van der Waals surface area contributed by atoms with Gasteiger partial charge in [0.1, 0.15) is 12.0 Å². The fourth-order valence-corrected chi connectivity index (χ4v) is 2.37. The molecule has 0 radical (unpaired) electrons. The number of benzene rings is 2. The lowest BCUT2D eigenvalue weighted by Gasteiger charge is -2.05. The van der Waals surface area contributed by atoms with Crippen molar-refractivity contribution >= 4 is 18.0 Å². The highest BCUT2D eigenvalue weighted by atomic mass is 32.2. The van der Waals surface area contributed by atoms with Crippen molar-refractivity contribution in [2.24, 2.45) is 0 Å². The lowest BCUT2D eigenvalue weighted by atomic mass is 10.1. The highest BCUT2D eigenvalue weighted by Crippen LogP contribution is 2.31. The van der Waals surface area contributed by atoms with Crippen LogP contribution in [0.1, 0.15) is 5.56 Å². The number of aromatic hydroxyl groups is 1. The highest BCUT2D eigenvalue weighted by Gasteiger charge is 2.03. The van der Waals surface area contributed by atoms with Crippen LogP contribution in [0, 0.1) is 0 Å². The summed E-state index contributed by atoms with van der Waals surface area (Å²) in [5, 5.41) is 9.73. The molecule has 0 aliphatic heterocycles. The lowest BCUT2D eigenvalue weighted by molar-refractivity contribution is -0.107. The number of phenolic OH excluding ortho intramolecular Hbond substituents is 1. The second kappa shape index (κ2) is 5.55. The molecule has 0 unspecified atom stereocenters. The Kier molecular flexibility index (Phi) is 3.83. The standard InChI is InChI=1S/C14H12O2S/c15-9-8-11-6-7-13(10-14(11)16)17-12-4-2-1-3-5-12/h1-7,9-10,16H,8H2. The van der Waals surface area contributed by atoms with Crippen LogP contribution in [0.5, 0.6) is 5.75 Å². The van der Waals surface area contributed by atoms with Crippen molar-refractivity contribution in [2.45, 2.75) is 16.2 Å². The highest BCUT2D eigenvalue weighted by molar-refractivity contribution is 7.99. The van der Waals surface area contributed by atoms with Crippen LogP contribution in [0.3, 0.4) is 0 Å². The number of aldehydes is 1. The molecule has 0 spiro atoms. The van der Waals surface area contributed by atoms with Gasteiger partial charge in [0.25, 0.3) is 0 Å². The van der Waals surface area contributed by atoms with E-state index in [1.54, 1.807) is 23.9 Å². The van der Waals surface area contributed by atoms with Crippen molar-refractivity contribution in [3.05, 3.63) is 54.1 Å². The molecule has 2 aromatic rings. The Balaban J connectivity index is 2.18. The molecule has 0 fully saturated rings. The number of carbonyl (C=O) groups is 1. The maximum absolute atomic E-state index is 10.4. The van der Waals surface area contributed by atoms with Gasteiger partial charge in [0.15, 0.2) is 0 Å². The molecule has 0 aromatic heterocycles. The van der Waals surface area contributed by atoms with E-state index >= 15 is 0 Å². The van der Waals surface area contributed by atoms with E-state index in [-0.39, 0.29) is 12.2 Å². The zero-order chi connectivity index (χ0) is 12.1. The minimum absolute atomic E-state index is 0.179. The second-order valence-corrected chi connectivity index (χ2v) is 4.72. The van der Waals surface area contributed by atoms with Crippen LogP contribution in [-0.4, -0.2) is 11.4 Å². The number of phenols is 1. The van der Waals surface area contributed by atoms with E-state index in [0.717, 1.165) is 16.1 Å². The van der Waals surface area contributed by atoms with Gasteiger partial charge in [-0.2, -0.15) is 0 Å². The first-order chi connectivity index (χ1) is 8.29. The summed E-state index contributed by atoms with van der Waals surface area (Å²) in [5.41, 5.74) is 0.664. The van der Waals surface area contributed by atoms with E-state index in [0.29, 0.717) is 5.56 Å². The van der Waals surface area contributed by atoms with Crippen molar-refractivity contribution in [3.8, 4) is 5.75 Å². The molecule has 0 saturated heterocycles. The third-order valence-corrected chi connectivity index (χ3v) is 3.34. The van der Waals surface area contributed by atoms with E-state index in [1.165, 1.54) is 0 Å². The molecular formula is C14H12O2S. The number of hydrogen-bond donors (Lipinski definition) is 1. The summed E-state index contributed by atoms with van der Waals surface area (Å²) in [7, 11) is 0. The monoisotopic (exact) mass is 244 g/mol. The Morgan fingerprint density at radius 1 is 1.06 bits per heavy atom. The molecule has 0 heterocycles. The first-order valence-corrected chi connectivity index (χ1v) is 6.09. The molecule has 0 aliphatic carbocycles. The van der Waals surface area contributed by atoms with Crippen LogP contribution in [0.15, 0.2) is 58.3 Å². The van der Waals surface area contributed by atoms with E-state index in [4.69, 9.17) is 0 Å². The quantitative estimate of drug-likeness (QED) is 0.839. The van der Waals surface area contributed by atoms with Crippen molar-refractivity contribution in [3.63, 3.8) is 0 Å². The lowest BCUT2D eigenvalue weighted by Crippen LogP contribution is -1.86. The molecular weight excluding hydrogens is 232 g/mol. The predicted octanol–water partition coefficient (Wildman–Crippen LogP) is 3.28. The topological polar surface area (TPSA) is 37.3 Å². The Morgan fingerprint density at radius 2 is 1.82 bits per heavy atom. The molecule has 0 bridgehead atoms. The molecule has 0 aliphatic rings. The predicted molar refractivity (Wildman–Crippen MR) is 68.4 cm³/mol. The maximum Gasteiger partial charge on any atom is 0.124 e. The van der Waals surface area contributed by atoms with Gasteiger partial charge >= 0.3 is 0 Å². The Labute approximate surface area is 104 Å². The smallest absolute Gasteiger partial charge is 0.124 e. The fraction of sp³-hybridized carbons (Fsp3) is 0.0714. The van der Waals surface area contributed by atoms with Gasteiger partial charge in [0.2, 0.25) is 0 Å². The summed E-state index contributed by atoms with van der Waals surface area (Å²) in [6.07, 6.45) is 1.04. The minimum Gasteiger partial charge on any atom is -0.508 e. The Bertz CT molecular complexity index is 509. The number of carbonyl (C=O) groups excluding carboxylic acids is 1. The average molecular weight is 244 g/mol. The van der Waals surface area contributed by atoms with Gasteiger partial charge in [-0.25, -0.2) is 0 Å². The average Bonchev–Trinajstić information content (AvgIpc) is 2.34. The van der Waals surface area contributed by atoms with Crippen LogP contribution in [0.2, 0.25) is 0 Å². The van der Waals surface area contributed by atoms with Gasteiger partial charge in [-0.3, -0.25) is 0 Å². The van der Waals surface area contributed by atoms with Crippen LogP contribution in [0.4, 0.5) is 0 Å². The van der Waals surface area contributed by atoms with Gasteiger partial charge in [0, 0.05) is 21.8 Å². The molecule has 86 valence electrons. The SMILES string of the molecule is O=CCc1ccc(Sc2ccccc2)cc1O.